The van der Waals surface area contributed by atoms with E-state index in [0.717, 1.165) is 12.8 Å². The molecule has 1 aromatic carbocycles. The number of carboxylic acid groups (broad SMARTS) is 1. The number of aliphatic carboxylic acids is 1. The smallest absolute Gasteiger partial charge is 0.317 e. The van der Waals surface area contributed by atoms with E-state index in [-0.39, 0.29) is 18.2 Å². The van der Waals surface area contributed by atoms with Crippen LogP contribution in [0.15, 0.2) is 18.2 Å². The van der Waals surface area contributed by atoms with E-state index in [4.69, 9.17) is 10.4 Å². The van der Waals surface area contributed by atoms with Crippen molar-refractivity contribution in [2.24, 2.45) is 0 Å². The Labute approximate surface area is 104 Å². The van der Waals surface area contributed by atoms with Gasteiger partial charge >= 0.3 is 5.97 Å². The highest BCUT2D eigenvalue weighted by Crippen LogP contribution is 2.28. The lowest BCUT2D eigenvalue weighted by Gasteiger charge is -2.19. The molecule has 0 bridgehead atoms. The highest BCUT2D eigenvalue weighted by atomic mass is 19.1. The first-order valence-electron chi connectivity index (χ1n) is 5.74. The standard InChI is InChI=1S/C13H13FN2O2/c14-11-4-9(6-15)3-10(5-11)7-16(8-13(17)18)12-1-2-12/h3-5,12H,1-2,7-8H2,(H,17,18). The second-order valence-electron chi connectivity index (χ2n) is 4.49. The molecule has 94 valence electrons. The van der Waals surface area contributed by atoms with Crippen LogP contribution < -0.4 is 0 Å². The van der Waals surface area contributed by atoms with Crippen molar-refractivity contribution in [3.05, 3.63) is 35.1 Å². The molecule has 1 fully saturated rings. The third-order valence-electron chi connectivity index (χ3n) is 2.87. The van der Waals surface area contributed by atoms with Gasteiger partial charge in [0.25, 0.3) is 0 Å². The van der Waals surface area contributed by atoms with E-state index < -0.39 is 11.8 Å². The van der Waals surface area contributed by atoms with E-state index in [1.807, 2.05) is 6.07 Å². The summed E-state index contributed by atoms with van der Waals surface area (Å²) < 4.78 is 13.3. The quantitative estimate of drug-likeness (QED) is 0.862. The molecular weight excluding hydrogens is 235 g/mol. The molecule has 1 saturated carbocycles. The highest BCUT2D eigenvalue weighted by molar-refractivity contribution is 5.69. The van der Waals surface area contributed by atoms with E-state index in [1.165, 1.54) is 12.1 Å². The fraction of sp³-hybridized carbons (Fsp3) is 0.385. The third-order valence-corrected chi connectivity index (χ3v) is 2.87. The molecule has 0 atom stereocenters. The average molecular weight is 248 g/mol. The number of rotatable bonds is 5. The van der Waals surface area contributed by atoms with Crippen LogP contribution in [0, 0.1) is 17.1 Å². The number of carboxylic acids is 1. The highest BCUT2D eigenvalue weighted by Gasteiger charge is 2.30. The molecule has 1 aromatic rings. The molecule has 0 heterocycles. The molecule has 1 aliphatic rings. The van der Waals surface area contributed by atoms with Crippen LogP contribution in [0.2, 0.25) is 0 Å². The minimum absolute atomic E-state index is 0.0525. The molecule has 0 saturated heterocycles. The molecule has 1 N–H and O–H groups in total. The Balaban J connectivity index is 2.13. The number of benzene rings is 1. The van der Waals surface area contributed by atoms with Gasteiger partial charge in [0.15, 0.2) is 0 Å². The van der Waals surface area contributed by atoms with E-state index >= 15 is 0 Å². The predicted octanol–water partition coefficient (Wildman–Crippen LogP) is 1.75. The van der Waals surface area contributed by atoms with Gasteiger partial charge in [0, 0.05) is 12.6 Å². The molecule has 0 spiro atoms. The Bertz CT molecular complexity index is 506. The van der Waals surface area contributed by atoms with Crippen LogP contribution in [0.4, 0.5) is 4.39 Å². The molecule has 0 unspecified atom stereocenters. The van der Waals surface area contributed by atoms with Crippen molar-refractivity contribution in [3.8, 4) is 6.07 Å². The summed E-state index contributed by atoms with van der Waals surface area (Å²) in [5.41, 5.74) is 0.899. The van der Waals surface area contributed by atoms with Crippen molar-refractivity contribution in [2.45, 2.75) is 25.4 Å². The lowest BCUT2D eigenvalue weighted by molar-refractivity contribution is -0.138. The Kier molecular flexibility index (Phi) is 3.58. The third kappa shape index (κ3) is 3.28. The van der Waals surface area contributed by atoms with E-state index in [1.54, 1.807) is 11.0 Å². The maximum Gasteiger partial charge on any atom is 0.317 e. The lowest BCUT2D eigenvalue weighted by atomic mass is 10.1. The summed E-state index contributed by atoms with van der Waals surface area (Å²) in [6.45, 7) is 0.312. The summed E-state index contributed by atoms with van der Waals surface area (Å²) in [6, 6.07) is 6.28. The largest absolute Gasteiger partial charge is 0.480 e. The number of hydrogen-bond acceptors (Lipinski definition) is 3. The fourth-order valence-corrected chi connectivity index (χ4v) is 1.97. The molecule has 0 aliphatic heterocycles. The van der Waals surface area contributed by atoms with Crippen LogP contribution in [0.5, 0.6) is 0 Å². The first-order valence-corrected chi connectivity index (χ1v) is 5.74. The van der Waals surface area contributed by atoms with Crippen molar-refractivity contribution in [2.75, 3.05) is 6.54 Å². The molecule has 1 aliphatic carbocycles. The second kappa shape index (κ2) is 5.15. The van der Waals surface area contributed by atoms with Crippen molar-refractivity contribution in [1.29, 1.82) is 5.26 Å². The maximum absolute atomic E-state index is 13.3. The van der Waals surface area contributed by atoms with Gasteiger partial charge in [0.2, 0.25) is 0 Å². The number of halogens is 1. The van der Waals surface area contributed by atoms with Gasteiger partial charge in [0.1, 0.15) is 5.82 Å². The maximum atomic E-state index is 13.3. The summed E-state index contributed by atoms with van der Waals surface area (Å²) in [6.07, 6.45) is 1.96. The molecule has 4 nitrogen and oxygen atoms in total. The van der Waals surface area contributed by atoms with Gasteiger partial charge in [-0.2, -0.15) is 5.26 Å². The zero-order valence-corrected chi connectivity index (χ0v) is 9.77. The molecular formula is C13H13FN2O2. The van der Waals surface area contributed by atoms with Crippen molar-refractivity contribution < 1.29 is 14.3 Å². The van der Waals surface area contributed by atoms with Gasteiger partial charge in [0.05, 0.1) is 18.2 Å². The number of hydrogen-bond donors (Lipinski definition) is 1. The van der Waals surface area contributed by atoms with Gasteiger partial charge in [-0.1, -0.05) is 0 Å². The van der Waals surface area contributed by atoms with E-state index in [9.17, 15) is 9.18 Å². The summed E-state index contributed by atoms with van der Waals surface area (Å²) in [5.74, 6) is -1.35. The minimum Gasteiger partial charge on any atom is -0.480 e. The molecule has 2 rings (SSSR count). The van der Waals surface area contributed by atoms with Gasteiger partial charge < -0.3 is 5.11 Å². The summed E-state index contributed by atoms with van der Waals surface area (Å²) in [5, 5.41) is 17.6. The zero-order valence-electron chi connectivity index (χ0n) is 9.77. The summed E-state index contributed by atoms with van der Waals surface area (Å²) in [4.78, 5) is 12.6. The van der Waals surface area contributed by atoms with Crippen LogP contribution in [-0.4, -0.2) is 28.6 Å². The molecule has 0 aromatic heterocycles. The van der Waals surface area contributed by atoms with Crippen LogP contribution in [0.25, 0.3) is 0 Å². The Morgan fingerprint density at radius 1 is 1.50 bits per heavy atom. The van der Waals surface area contributed by atoms with Gasteiger partial charge in [-0.25, -0.2) is 4.39 Å². The average Bonchev–Trinajstić information content (AvgIpc) is 3.10. The Morgan fingerprint density at radius 3 is 2.78 bits per heavy atom. The normalized spacial score (nSPS) is 14.5. The Morgan fingerprint density at radius 2 is 2.22 bits per heavy atom. The monoisotopic (exact) mass is 248 g/mol. The molecule has 18 heavy (non-hydrogen) atoms. The fourth-order valence-electron chi connectivity index (χ4n) is 1.97. The predicted molar refractivity (Wildman–Crippen MR) is 62.2 cm³/mol. The molecule has 5 heteroatoms. The number of carbonyl (C=O) groups is 1. The van der Waals surface area contributed by atoms with Crippen LogP contribution in [0.1, 0.15) is 24.0 Å². The van der Waals surface area contributed by atoms with Crippen LogP contribution >= 0.6 is 0 Å². The van der Waals surface area contributed by atoms with Crippen molar-refractivity contribution in [1.82, 2.24) is 4.90 Å². The summed E-state index contributed by atoms with van der Waals surface area (Å²) in [7, 11) is 0. The van der Waals surface area contributed by atoms with Crippen LogP contribution in [0.3, 0.4) is 0 Å². The van der Waals surface area contributed by atoms with Crippen LogP contribution in [-0.2, 0) is 11.3 Å². The van der Waals surface area contributed by atoms with Gasteiger partial charge in [-0.05, 0) is 36.6 Å². The molecule has 0 radical (unpaired) electrons. The minimum atomic E-state index is -0.890. The lowest BCUT2D eigenvalue weighted by Crippen LogP contribution is -2.31. The summed E-state index contributed by atoms with van der Waals surface area (Å²) >= 11 is 0. The SMILES string of the molecule is N#Cc1cc(F)cc(CN(CC(=O)O)C2CC2)c1. The zero-order chi connectivity index (χ0) is 13.1. The van der Waals surface area contributed by atoms with E-state index in [2.05, 4.69) is 0 Å². The first-order chi connectivity index (χ1) is 8.58. The molecule has 0 amide bonds. The first kappa shape index (κ1) is 12.5. The van der Waals surface area contributed by atoms with Gasteiger partial charge in [-0.15, -0.1) is 0 Å². The van der Waals surface area contributed by atoms with E-state index in [0.29, 0.717) is 12.1 Å². The Hall–Kier alpha value is -1.93. The van der Waals surface area contributed by atoms with Crippen molar-refractivity contribution in [3.63, 3.8) is 0 Å². The topological polar surface area (TPSA) is 64.3 Å². The van der Waals surface area contributed by atoms with Gasteiger partial charge in [-0.3, -0.25) is 9.69 Å². The van der Waals surface area contributed by atoms with Crippen molar-refractivity contribution >= 4 is 5.97 Å². The number of nitrogens with zero attached hydrogens (tertiary/aromatic N) is 2. The second-order valence-corrected chi connectivity index (χ2v) is 4.49. The number of nitriles is 1.